The molecule has 134 valence electrons. The fourth-order valence-corrected chi connectivity index (χ4v) is 3.18. The van der Waals surface area contributed by atoms with Gasteiger partial charge in [0.25, 0.3) is 5.91 Å². The van der Waals surface area contributed by atoms with Crippen LogP contribution in [0.1, 0.15) is 40.9 Å². The third-order valence-corrected chi connectivity index (χ3v) is 4.40. The van der Waals surface area contributed by atoms with Crippen LogP contribution in [0.4, 0.5) is 0 Å². The van der Waals surface area contributed by atoms with Gasteiger partial charge in [0.15, 0.2) is 11.5 Å². The summed E-state index contributed by atoms with van der Waals surface area (Å²) in [6.45, 7) is 6.19. The lowest BCUT2D eigenvalue weighted by atomic mass is 9.98. The molecule has 0 radical (unpaired) electrons. The smallest absolute Gasteiger partial charge is 0.254 e. The molecule has 2 aromatic carbocycles. The molecule has 1 amide bonds. The number of ether oxygens (including phenoxy) is 2. The summed E-state index contributed by atoms with van der Waals surface area (Å²) in [5.41, 5.74) is 3.30. The molecular weight excluding hydrogens is 328 g/mol. The molecule has 3 rings (SSSR count). The summed E-state index contributed by atoms with van der Waals surface area (Å²) < 4.78 is 11.4. The SMILES string of the molecule is CCOc1cc2c(cc1OCC)CN(C(=O)c1cccc(C#N)c1)CC2. The van der Waals surface area contributed by atoms with E-state index in [1.165, 1.54) is 5.56 Å². The monoisotopic (exact) mass is 350 g/mol. The van der Waals surface area contributed by atoms with Crippen molar-refractivity contribution >= 4 is 5.91 Å². The minimum Gasteiger partial charge on any atom is -0.490 e. The van der Waals surface area contributed by atoms with E-state index in [1.807, 2.05) is 30.9 Å². The predicted octanol–water partition coefficient (Wildman–Crippen LogP) is 3.55. The van der Waals surface area contributed by atoms with Gasteiger partial charge < -0.3 is 14.4 Å². The van der Waals surface area contributed by atoms with Gasteiger partial charge in [-0.2, -0.15) is 5.26 Å². The minimum absolute atomic E-state index is 0.0559. The first kappa shape index (κ1) is 17.8. The van der Waals surface area contributed by atoms with E-state index in [-0.39, 0.29) is 5.91 Å². The van der Waals surface area contributed by atoms with E-state index >= 15 is 0 Å². The van der Waals surface area contributed by atoms with Crippen LogP contribution < -0.4 is 9.47 Å². The van der Waals surface area contributed by atoms with Crippen molar-refractivity contribution in [3.63, 3.8) is 0 Å². The normalized spacial score (nSPS) is 12.9. The van der Waals surface area contributed by atoms with Gasteiger partial charge in [0.05, 0.1) is 24.8 Å². The van der Waals surface area contributed by atoms with Crippen molar-refractivity contribution in [3.8, 4) is 17.6 Å². The average molecular weight is 350 g/mol. The van der Waals surface area contributed by atoms with Crippen LogP contribution >= 0.6 is 0 Å². The number of nitriles is 1. The highest BCUT2D eigenvalue weighted by Gasteiger charge is 2.24. The Morgan fingerprint density at radius 2 is 1.81 bits per heavy atom. The van der Waals surface area contributed by atoms with Crippen molar-refractivity contribution in [1.82, 2.24) is 4.90 Å². The van der Waals surface area contributed by atoms with Gasteiger partial charge in [0, 0.05) is 18.7 Å². The lowest BCUT2D eigenvalue weighted by Crippen LogP contribution is -2.36. The third kappa shape index (κ3) is 3.65. The van der Waals surface area contributed by atoms with Crippen molar-refractivity contribution in [3.05, 3.63) is 58.7 Å². The minimum atomic E-state index is -0.0559. The standard InChI is InChI=1S/C21H22N2O3/c1-3-25-19-11-16-8-9-23(14-18(16)12-20(19)26-4-2)21(24)17-7-5-6-15(10-17)13-22/h5-7,10-12H,3-4,8-9,14H2,1-2H3. The Kier molecular flexibility index (Phi) is 5.43. The van der Waals surface area contributed by atoms with E-state index < -0.39 is 0 Å². The molecule has 1 aliphatic rings. The van der Waals surface area contributed by atoms with E-state index in [4.69, 9.17) is 14.7 Å². The van der Waals surface area contributed by atoms with Gasteiger partial charge in [0.1, 0.15) is 0 Å². The number of nitrogens with zero attached hydrogens (tertiary/aromatic N) is 2. The number of carbonyl (C=O) groups is 1. The predicted molar refractivity (Wildman–Crippen MR) is 98.4 cm³/mol. The lowest BCUT2D eigenvalue weighted by molar-refractivity contribution is 0.0734. The first-order chi connectivity index (χ1) is 12.7. The Morgan fingerprint density at radius 1 is 1.12 bits per heavy atom. The number of amides is 1. The van der Waals surface area contributed by atoms with E-state index in [1.54, 1.807) is 24.3 Å². The fourth-order valence-electron chi connectivity index (χ4n) is 3.18. The first-order valence-electron chi connectivity index (χ1n) is 8.87. The maximum Gasteiger partial charge on any atom is 0.254 e. The summed E-state index contributed by atoms with van der Waals surface area (Å²) in [5, 5.41) is 9.03. The summed E-state index contributed by atoms with van der Waals surface area (Å²) >= 11 is 0. The first-order valence-corrected chi connectivity index (χ1v) is 8.87. The number of rotatable bonds is 5. The van der Waals surface area contributed by atoms with Crippen LogP contribution in [0, 0.1) is 11.3 Å². The second-order valence-electron chi connectivity index (χ2n) is 6.10. The fraction of sp³-hybridized carbons (Fsp3) is 0.333. The Labute approximate surface area is 153 Å². The Balaban J connectivity index is 1.85. The molecule has 0 fully saturated rings. The Bertz CT molecular complexity index is 855. The molecule has 0 saturated carbocycles. The van der Waals surface area contributed by atoms with E-state index in [0.717, 1.165) is 17.7 Å². The number of hydrogen-bond acceptors (Lipinski definition) is 4. The molecule has 26 heavy (non-hydrogen) atoms. The van der Waals surface area contributed by atoms with E-state index in [0.29, 0.717) is 43.2 Å². The van der Waals surface area contributed by atoms with Gasteiger partial charge in [-0.15, -0.1) is 0 Å². The highest BCUT2D eigenvalue weighted by Crippen LogP contribution is 2.34. The zero-order valence-electron chi connectivity index (χ0n) is 15.1. The topological polar surface area (TPSA) is 62.6 Å². The molecule has 0 aromatic heterocycles. The molecule has 2 aromatic rings. The van der Waals surface area contributed by atoms with Gasteiger partial charge in [-0.1, -0.05) is 6.07 Å². The summed E-state index contributed by atoms with van der Waals surface area (Å²) in [6.07, 6.45) is 0.769. The maximum atomic E-state index is 12.8. The van der Waals surface area contributed by atoms with Crippen LogP contribution in [0.2, 0.25) is 0 Å². The van der Waals surface area contributed by atoms with Crippen molar-refractivity contribution in [2.45, 2.75) is 26.8 Å². The second kappa shape index (κ2) is 7.92. The van der Waals surface area contributed by atoms with Crippen LogP contribution in [-0.2, 0) is 13.0 Å². The van der Waals surface area contributed by atoms with Gasteiger partial charge in [-0.05, 0) is 61.7 Å². The van der Waals surface area contributed by atoms with E-state index in [9.17, 15) is 4.79 Å². The zero-order valence-corrected chi connectivity index (χ0v) is 15.1. The van der Waals surface area contributed by atoms with Gasteiger partial charge >= 0.3 is 0 Å². The molecular formula is C21H22N2O3. The molecule has 1 heterocycles. The molecule has 0 N–H and O–H groups in total. The van der Waals surface area contributed by atoms with Crippen molar-refractivity contribution in [2.24, 2.45) is 0 Å². The molecule has 0 unspecified atom stereocenters. The molecule has 0 bridgehead atoms. The number of hydrogen-bond donors (Lipinski definition) is 0. The third-order valence-electron chi connectivity index (χ3n) is 4.40. The zero-order chi connectivity index (χ0) is 18.5. The van der Waals surface area contributed by atoms with Gasteiger partial charge in [-0.3, -0.25) is 4.79 Å². The molecule has 0 spiro atoms. The number of fused-ring (bicyclic) bond motifs is 1. The van der Waals surface area contributed by atoms with Gasteiger partial charge in [-0.25, -0.2) is 0 Å². The van der Waals surface area contributed by atoms with Crippen LogP contribution in [0.15, 0.2) is 36.4 Å². The number of carbonyl (C=O) groups excluding carboxylic acids is 1. The lowest BCUT2D eigenvalue weighted by Gasteiger charge is -2.30. The van der Waals surface area contributed by atoms with E-state index in [2.05, 4.69) is 6.07 Å². The second-order valence-corrected chi connectivity index (χ2v) is 6.10. The van der Waals surface area contributed by atoms with Crippen LogP contribution in [0.3, 0.4) is 0 Å². The highest BCUT2D eigenvalue weighted by atomic mass is 16.5. The molecule has 0 atom stereocenters. The summed E-state index contributed by atoms with van der Waals surface area (Å²) in [7, 11) is 0. The number of benzene rings is 2. The van der Waals surface area contributed by atoms with Crippen molar-refractivity contribution < 1.29 is 14.3 Å². The summed E-state index contributed by atoms with van der Waals surface area (Å²) in [5.74, 6) is 1.42. The van der Waals surface area contributed by atoms with Crippen molar-refractivity contribution in [2.75, 3.05) is 19.8 Å². The van der Waals surface area contributed by atoms with Gasteiger partial charge in [0.2, 0.25) is 0 Å². The van der Waals surface area contributed by atoms with Crippen LogP contribution in [-0.4, -0.2) is 30.6 Å². The quantitative estimate of drug-likeness (QED) is 0.827. The summed E-state index contributed by atoms with van der Waals surface area (Å²) in [6, 6.07) is 12.9. The highest BCUT2D eigenvalue weighted by molar-refractivity contribution is 5.94. The Hall–Kier alpha value is -3.00. The largest absolute Gasteiger partial charge is 0.490 e. The molecule has 5 nitrogen and oxygen atoms in total. The molecule has 0 aliphatic carbocycles. The molecule has 0 saturated heterocycles. The molecule has 5 heteroatoms. The van der Waals surface area contributed by atoms with Crippen molar-refractivity contribution in [1.29, 1.82) is 5.26 Å². The summed E-state index contributed by atoms with van der Waals surface area (Å²) in [4.78, 5) is 14.6. The van der Waals surface area contributed by atoms with Crippen LogP contribution in [0.5, 0.6) is 11.5 Å². The average Bonchev–Trinajstić information content (AvgIpc) is 2.68. The Morgan fingerprint density at radius 3 is 2.46 bits per heavy atom. The van der Waals surface area contributed by atoms with Crippen LogP contribution in [0.25, 0.3) is 0 Å². The molecule has 1 aliphatic heterocycles. The maximum absolute atomic E-state index is 12.8.